The summed E-state index contributed by atoms with van der Waals surface area (Å²) in [6, 6.07) is 8.92. The molecular formula is C23H23ClF3N3O4. The van der Waals surface area contributed by atoms with Gasteiger partial charge in [0.25, 0.3) is 5.92 Å². The number of carbonyl (C=O) groups is 3. The molecular weight excluding hydrogens is 475 g/mol. The van der Waals surface area contributed by atoms with Crippen molar-refractivity contribution in [1.82, 2.24) is 10.6 Å². The zero-order chi connectivity index (χ0) is 24.9. The molecule has 34 heavy (non-hydrogen) atoms. The molecule has 0 spiro atoms. The molecule has 0 radical (unpaired) electrons. The number of rotatable bonds is 8. The number of halogens is 4. The molecule has 11 heteroatoms. The van der Waals surface area contributed by atoms with Crippen molar-refractivity contribution in [2.45, 2.75) is 37.8 Å². The van der Waals surface area contributed by atoms with Crippen LogP contribution in [0.5, 0.6) is 0 Å². The molecule has 0 aliphatic heterocycles. The van der Waals surface area contributed by atoms with Crippen LogP contribution in [-0.4, -0.2) is 43.0 Å². The molecule has 182 valence electrons. The van der Waals surface area contributed by atoms with Gasteiger partial charge in [0, 0.05) is 35.2 Å². The molecule has 0 aromatic heterocycles. The van der Waals surface area contributed by atoms with Crippen LogP contribution in [0.2, 0.25) is 5.02 Å². The molecule has 1 aliphatic carbocycles. The van der Waals surface area contributed by atoms with Gasteiger partial charge in [0.15, 0.2) is 0 Å². The highest BCUT2D eigenvalue weighted by Gasteiger charge is 2.47. The molecule has 3 rings (SSSR count). The van der Waals surface area contributed by atoms with Gasteiger partial charge in [0.05, 0.1) is 6.61 Å². The van der Waals surface area contributed by atoms with Crippen molar-refractivity contribution in [3.05, 3.63) is 64.9 Å². The topological polar surface area (TPSA) is 87.7 Å². The van der Waals surface area contributed by atoms with Crippen molar-refractivity contribution in [2.24, 2.45) is 0 Å². The molecule has 1 atom stereocenters. The average molecular weight is 498 g/mol. The predicted octanol–water partition coefficient (Wildman–Crippen LogP) is 4.21. The van der Waals surface area contributed by atoms with Crippen LogP contribution in [0.1, 0.15) is 31.4 Å². The molecule has 0 bridgehead atoms. The number of amides is 3. The lowest BCUT2D eigenvalue weighted by atomic mass is 9.87. The van der Waals surface area contributed by atoms with Crippen molar-refractivity contribution in [2.75, 3.05) is 18.1 Å². The molecule has 3 amide bonds. The first-order valence-electron chi connectivity index (χ1n) is 10.5. The van der Waals surface area contributed by atoms with E-state index in [1.165, 1.54) is 24.3 Å². The Labute approximate surface area is 199 Å². The highest BCUT2D eigenvalue weighted by molar-refractivity contribution is 6.31. The van der Waals surface area contributed by atoms with Crippen molar-refractivity contribution >= 4 is 35.2 Å². The summed E-state index contributed by atoms with van der Waals surface area (Å²) in [7, 11) is 0. The first-order valence-corrected chi connectivity index (χ1v) is 10.9. The van der Waals surface area contributed by atoms with Crippen LogP contribution in [0.25, 0.3) is 0 Å². The number of nitrogens with zero attached hydrogens (tertiary/aromatic N) is 1. The number of nitrogens with one attached hydrogen (secondary N) is 2. The Hall–Kier alpha value is -3.27. The molecule has 1 aliphatic rings. The van der Waals surface area contributed by atoms with Crippen LogP contribution >= 0.6 is 11.6 Å². The van der Waals surface area contributed by atoms with Gasteiger partial charge in [-0.3, -0.25) is 14.5 Å². The summed E-state index contributed by atoms with van der Waals surface area (Å²) < 4.78 is 45.5. The van der Waals surface area contributed by atoms with E-state index in [9.17, 15) is 27.6 Å². The minimum atomic E-state index is -2.88. The van der Waals surface area contributed by atoms with Crippen LogP contribution in [0, 0.1) is 5.82 Å². The number of alkyl halides is 2. The second-order valence-corrected chi connectivity index (χ2v) is 8.12. The van der Waals surface area contributed by atoms with Gasteiger partial charge < -0.3 is 15.4 Å². The molecule has 1 fully saturated rings. The van der Waals surface area contributed by atoms with E-state index in [1.54, 1.807) is 19.1 Å². The van der Waals surface area contributed by atoms with Crippen molar-refractivity contribution in [3.63, 3.8) is 0 Å². The SMILES string of the molecule is CCOC(=O)NCC(=O)N(c1cccc(F)c1)C(C(=O)NC1CC(F)(F)C1)c1ccccc1Cl. The van der Waals surface area contributed by atoms with Crippen molar-refractivity contribution in [1.29, 1.82) is 0 Å². The van der Waals surface area contributed by atoms with E-state index in [0.717, 1.165) is 17.0 Å². The molecule has 2 N–H and O–H groups in total. The maximum Gasteiger partial charge on any atom is 0.407 e. The Kier molecular flexibility index (Phi) is 8.03. The van der Waals surface area contributed by atoms with E-state index in [-0.39, 0.29) is 22.9 Å². The van der Waals surface area contributed by atoms with E-state index in [0.29, 0.717) is 0 Å². The molecule has 0 saturated heterocycles. The Bertz CT molecular complexity index is 1060. The minimum Gasteiger partial charge on any atom is -0.450 e. The lowest BCUT2D eigenvalue weighted by Gasteiger charge is -2.38. The summed E-state index contributed by atoms with van der Waals surface area (Å²) in [6.07, 6.45) is -1.93. The zero-order valence-corrected chi connectivity index (χ0v) is 18.9. The third-order valence-electron chi connectivity index (χ3n) is 5.16. The van der Waals surface area contributed by atoms with Gasteiger partial charge >= 0.3 is 6.09 Å². The fraction of sp³-hybridized carbons (Fsp3) is 0.348. The lowest BCUT2D eigenvalue weighted by molar-refractivity contribution is -0.132. The zero-order valence-electron chi connectivity index (χ0n) is 18.2. The standard InChI is InChI=1S/C23H23ClF3N3O4/c1-2-34-22(33)28-13-19(31)30(16-7-5-6-14(25)10-16)20(17-8-3-4-9-18(17)24)21(32)29-15-11-23(26,27)12-15/h3-10,15,20H,2,11-13H2,1H3,(H,28,33)(H,29,32). The predicted molar refractivity (Wildman–Crippen MR) is 119 cm³/mol. The Balaban J connectivity index is 2.00. The Morgan fingerprint density at radius 2 is 1.88 bits per heavy atom. The van der Waals surface area contributed by atoms with Gasteiger partial charge in [0.2, 0.25) is 11.8 Å². The number of hydrogen-bond acceptors (Lipinski definition) is 4. The highest BCUT2D eigenvalue weighted by Crippen LogP contribution is 2.38. The number of hydrogen-bond donors (Lipinski definition) is 2. The summed E-state index contributed by atoms with van der Waals surface area (Å²) in [5.41, 5.74) is 0.205. The monoisotopic (exact) mass is 497 g/mol. The Morgan fingerprint density at radius 3 is 2.50 bits per heavy atom. The molecule has 2 aromatic carbocycles. The number of ether oxygens (including phenoxy) is 1. The molecule has 1 unspecified atom stereocenters. The fourth-order valence-electron chi connectivity index (χ4n) is 3.62. The van der Waals surface area contributed by atoms with Gasteiger partial charge in [-0.2, -0.15) is 0 Å². The van der Waals surface area contributed by atoms with Gasteiger partial charge in [-0.1, -0.05) is 35.9 Å². The number of alkyl carbamates (subject to hydrolysis) is 1. The molecule has 1 saturated carbocycles. The second kappa shape index (κ2) is 10.8. The van der Waals surface area contributed by atoms with Gasteiger partial charge in [-0.25, -0.2) is 18.0 Å². The first-order chi connectivity index (χ1) is 16.1. The highest BCUT2D eigenvalue weighted by atomic mass is 35.5. The number of carbonyl (C=O) groups excluding carboxylic acids is 3. The van der Waals surface area contributed by atoms with E-state index in [4.69, 9.17) is 16.3 Å². The van der Waals surface area contributed by atoms with Gasteiger partial charge in [-0.15, -0.1) is 0 Å². The molecule has 7 nitrogen and oxygen atoms in total. The van der Waals surface area contributed by atoms with E-state index < -0.39 is 61.1 Å². The normalized spacial score (nSPS) is 15.6. The quantitative estimate of drug-likeness (QED) is 0.572. The van der Waals surface area contributed by atoms with E-state index >= 15 is 0 Å². The van der Waals surface area contributed by atoms with Gasteiger partial charge in [-0.05, 0) is 31.2 Å². The van der Waals surface area contributed by atoms with Crippen LogP contribution in [-0.2, 0) is 14.3 Å². The largest absolute Gasteiger partial charge is 0.450 e. The van der Waals surface area contributed by atoms with E-state index in [1.807, 2.05) is 0 Å². The third-order valence-corrected chi connectivity index (χ3v) is 5.50. The number of anilines is 1. The summed E-state index contributed by atoms with van der Waals surface area (Å²) in [5, 5.41) is 4.93. The van der Waals surface area contributed by atoms with E-state index in [2.05, 4.69) is 10.6 Å². The summed E-state index contributed by atoms with van der Waals surface area (Å²) in [4.78, 5) is 39.3. The van der Waals surface area contributed by atoms with Gasteiger partial charge in [0.1, 0.15) is 18.4 Å². The smallest absolute Gasteiger partial charge is 0.407 e. The van der Waals surface area contributed by atoms with Crippen molar-refractivity contribution < 1.29 is 32.3 Å². The fourth-order valence-corrected chi connectivity index (χ4v) is 3.85. The van der Waals surface area contributed by atoms with Crippen molar-refractivity contribution in [3.8, 4) is 0 Å². The Morgan fingerprint density at radius 1 is 1.18 bits per heavy atom. The third kappa shape index (κ3) is 6.19. The molecule has 0 heterocycles. The van der Waals surface area contributed by atoms with Crippen LogP contribution in [0.15, 0.2) is 48.5 Å². The first kappa shape index (κ1) is 25.4. The summed E-state index contributed by atoms with van der Waals surface area (Å²) in [6.45, 7) is 1.08. The minimum absolute atomic E-state index is 0.00895. The summed E-state index contributed by atoms with van der Waals surface area (Å²) >= 11 is 6.33. The van der Waals surface area contributed by atoms with Crippen LogP contribution in [0.3, 0.4) is 0 Å². The number of benzene rings is 2. The maximum absolute atomic E-state index is 14.1. The second-order valence-electron chi connectivity index (χ2n) is 7.71. The summed E-state index contributed by atoms with van der Waals surface area (Å²) in [5.74, 6) is -5.11. The molecule has 2 aromatic rings. The van der Waals surface area contributed by atoms with Crippen LogP contribution < -0.4 is 15.5 Å². The van der Waals surface area contributed by atoms with Crippen LogP contribution in [0.4, 0.5) is 23.7 Å². The maximum atomic E-state index is 14.1. The lowest BCUT2D eigenvalue weighted by Crippen LogP contribution is -2.54. The average Bonchev–Trinajstić information content (AvgIpc) is 2.75.